The van der Waals surface area contributed by atoms with Crippen molar-refractivity contribution < 1.29 is 21.6 Å². The minimum atomic E-state index is -3.99. The summed E-state index contributed by atoms with van der Waals surface area (Å²) in [4.78, 5) is 11.7. The number of nitrogens with one attached hydrogen (secondary N) is 1. The molecule has 24 heavy (non-hydrogen) atoms. The SMILES string of the molecule is NC(=O)C1Nc2ccc(Cl)cc2C1S(=O)(=O)N1CCS(=O)(=O)CC1. The smallest absolute Gasteiger partial charge is 0.241 e. The number of hydrogen-bond acceptors (Lipinski definition) is 6. The lowest BCUT2D eigenvalue weighted by Crippen LogP contribution is -2.49. The zero-order chi connectivity index (χ0) is 17.7. The van der Waals surface area contributed by atoms with Gasteiger partial charge in [0, 0.05) is 23.8 Å². The van der Waals surface area contributed by atoms with E-state index in [1.165, 1.54) is 6.07 Å². The van der Waals surface area contributed by atoms with E-state index in [1.807, 2.05) is 0 Å². The molecule has 1 aromatic carbocycles. The first kappa shape index (κ1) is 17.5. The molecular weight excluding hydrogens is 378 g/mol. The summed E-state index contributed by atoms with van der Waals surface area (Å²) in [5, 5.41) is 1.92. The van der Waals surface area contributed by atoms with Gasteiger partial charge in [0.1, 0.15) is 11.3 Å². The number of sulfone groups is 1. The second kappa shape index (κ2) is 5.87. The Kier molecular flexibility index (Phi) is 4.27. The fourth-order valence-corrected chi connectivity index (χ4v) is 6.67. The second-order valence-corrected chi connectivity index (χ2v) is 10.6. The molecule has 2 heterocycles. The highest BCUT2D eigenvalue weighted by Gasteiger charge is 2.47. The summed E-state index contributed by atoms with van der Waals surface area (Å²) in [6.45, 7) is -0.273. The van der Waals surface area contributed by atoms with Crippen molar-refractivity contribution in [2.75, 3.05) is 29.9 Å². The van der Waals surface area contributed by atoms with Crippen molar-refractivity contribution in [2.45, 2.75) is 11.3 Å². The van der Waals surface area contributed by atoms with Crippen LogP contribution in [0.1, 0.15) is 10.8 Å². The molecule has 3 rings (SSSR count). The van der Waals surface area contributed by atoms with Gasteiger partial charge in [0.2, 0.25) is 15.9 Å². The van der Waals surface area contributed by atoms with E-state index >= 15 is 0 Å². The van der Waals surface area contributed by atoms with E-state index < -0.39 is 37.1 Å². The van der Waals surface area contributed by atoms with Crippen LogP contribution in [0.5, 0.6) is 0 Å². The van der Waals surface area contributed by atoms with Crippen LogP contribution in [0, 0.1) is 0 Å². The number of halogens is 1. The first-order chi connectivity index (χ1) is 11.1. The Bertz CT molecular complexity index is 886. The topological polar surface area (TPSA) is 127 Å². The normalized spacial score (nSPS) is 26.5. The molecule has 0 aromatic heterocycles. The maximum atomic E-state index is 13.0. The minimum Gasteiger partial charge on any atom is -0.372 e. The summed E-state index contributed by atoms with van der Waals surface area (Å²) >= 11 is 5.96. The molecule has 2 aliphatic heterocycles. The molecule has 0 spiro atoms. The molecule has 1 aromatic rings. The van der Waals surface area contributed by atoms with Crippen LogP contribution in [0.4, 0.5) is 5.69 Å². The van der Waals surface area contributed by atoms with E-state index in [2.05, 4.69) is 5.32 Å². The molecule has 8 nitrogen and oxygen atoms in total. The third-order valence-corrected chi connectivity index (χ3v) is 8.32. The van der Waals surface area contributed by atoms with E-state index in [0.717, 1.165) is 4.31 Å². The van der Waals surface area contributed by atoms with E-state index in [-0.39, 0.29) is 24.6 Å². The fourth-order valence-electron chi connectivity index (χ4n) is 2.99. The molecule has 0 saturated carbocycles. The summed E-state index contributed by atoms with van der Waals surface area (Å²) in [6.07, 6.45) is 0. The van der Waals surface area contributed by atoms with E-state index in [1.54, 1.807) is 12.1 Å². The Morgan fingerprint density at radius 1 is 1.29 bits per heavy atom. The molecule has 2 atom stereocenters. The Morgan fingerprint density at radius 3 is 2.50 bits per heavy atom. The van der Waals surface area contributed by atoms with Crippen LogP contribution in [-0.4, -0.2) is 57.7 Å². The lowest BCUT2D eigenvalue weighted by Gasteiger charge is -2.30. The van der Waals surface area contributed by atoms with Gasteiger partial charge in [-0.2, -0.15) is 4.31 Å². The van der Waals surface area contributed by atoms with Crippen LogP contribution in [0.3, 0.4) is 0 Å². The molecule has 2 aliphatic rings. The van der Waals surface area contributed by atoms with Crippen LogP contribution < -0.4 is 11.1 Å². The van der Waals surface area contributed by atoms with Gasteiger partial charge in [0.05, 0.1) is 11.5 Å². The number of carbonyl (C=O) groups is 1. The van der Waals surface area contributed by atoms with Crippen molar-refractivity contribution in [3.63, 3.8) is 0 Å². The number of nitrogens with zero attached hydrogens (tertiary/aromatic N) is 1. The van der Waals surface area contributed by atoms with Gasteiger partial charge < -0.3 is 11.1 Å². The van der Waals surface area contributed by atoms with Gasteiger partial charge in [-0.15, -0.1) is 0 Å². The molecule has 3 N–H and O–H groups in total. The molecule has 0 bridgehead atoms. The zero-order valence-corrected chi connectivity index (χ0v) is 14.9. The van der Waals surface area contributed by atoms with Crippen LogP contribution in [0.15, 0.2) is 18.2 Å². The number of rotatable bonds is 3. The molecule has 1 saturated heterocycles. The van der Waals surface area contributed by atoms with Gasteiger partial charge in [0.15, 0.2) is 9.84 Å². The van der Waals surface area contributed by atoms with Crippen LogP contribution >= 0.6 is 11.6 Å². The van der Waals surface area contributed by atoms with Gasteiger partial charge in [-0.25, -0.2) is 16.8 Å². The Balaban J connectivity index is 2.02. The molecule has 0 radical (unpaired) electrons. The van der Waals surface area contributed by atoms with Gasteiger partial charge in [0.25, 0.3) is 0 Å². The number of sulfonamides is 1. The maximum Gasteiger partial charge on any atom is 0.241 e. The first-order valence-electron chi connectivity index (χ1n) is 7.16. The highest BCUT2D eigenvalue weighted by Crippen LogP contribution is 2.42. The molecule has 1 amide bonds. The van der Waals surface area contributed by atoms with Crippen LogP contribution in [0.2, 0.25) is 5.02 Å². The highest BCUT2D eigenvalue weighted by atomic mass is 35.5. The number of nitrogens with two attached hydrogens (primary N) is 1. The summed E-state index contributed by atoms with van der Waals surface area (Å²) in [7, 11) is -7.22. The average molecular weight is 394 g/mol. The number of hydrogen-bond donors (Lipinski definition) is 2. The monoisotopic (exact) mass is 393 g/mol. The number of benzene rings is 1. The van der Waals surface area contributed by atoms with Crippen LogP contribution in [-0.2, 0) is 24.7 Å². The zero-order valence-electron chi connectivity index (χ0n) is 12.5. The predicted octanol–water partition coefficient (Wildman–Crippen LogP) is -0.279. The molecule has 1 fully saturated rings. The number of carbonyl (C=O) groups excluding carboxylic acids is 1. The number of primary amides is 1. The van der Waals surface area contributed by atoms with E-state index in [4.69, 9.17) is 17.3 Å². The fraction of sp³-hybridized carbons (Fsp3) is 0.462. The van der Waals surface area contributed by atoms with Crippen LogP contribution in [0.25, 0.3) is 0 Å². The second-order valence-electron chi connectivity index (χ2n) is 5.77. The number of fused-ring (bicyclic) bond motifs is 1. The molecular formula is C13H16ClN3O5S2. The lowest BCUT2D eigenvalue weighted by molar-refractivity contribution is -0.118. The number of anilines is 1. The van der Waals surface area contributed by atoms with E-state index in [9.17, 15) is 21.6 Å². The van der Waals surface area contributed by atoms with Crippen molar-refractivity contribution >= 4 is 43.1 Å². The quantitative estimate of drug-likeness (QED) is 0.727. The van der Waals surface area contributed by atoms with Crippen molar-refractivity contribution in [1.82, 2.24) is 4.31 Å². The third-order valence-electron chi connectivity index (χ3n) is 4.22. The Labute approximate surface area is 144 Å². The number of amides is 1. The Morgan fingerprint density at radius 2 is 1.92 bits per heavy atom. The van der Waals surface area contributed by atoms with Gasteiger partial charge >= 0.3 is 0 Å². The predicted molar refractivity (Wildman–Crippen MR) is 89.9 cm³/mol. The Hall–Kier alpha value is -1.36. The summed E-state index contributed by atoms with van der Waals surface area (Å²) < 4.78 is 50.2. The highest BCUT2D eigenvalue weighted by molar-refractivity contribution is 7.92. The van der Waals surface area contributed by atoms with Crippen molar-refractivity contribution in [3.8, 4) is 0 Å². The van der Waals surface area contributed by atoms with Gasteiger partial charge in [-0.3, -0.25) is 4.79 Å². The molecule has 0 aliphatic carbocycles. The van der Waals surface area contributed by atoms with Gasteiger partial charge in [-0.05, 0) is 23.8 Å². The standard InChI is InChI=1S/C13H16ClN3O5S2/c14-8-1-2-10-9(7-8)12(11(16-10)13(15)18)24(21,22)17-3-5-23(19,20)6-4-17/h1-2,7,11-12,16H,3-6H2,(H2,15,18). The largest absolute Gasteiger partial charge is 0.372 e. The lowest BCUT2D eigenvalue weighted by atomic mass is 10.1. The van der Waals surface area contributed by atoms with Crippen molar-refractivity contribution in [1.29, 1.82) is 0 Å². The minimum absolute atomic E-state index is 0.136. The summed E-state index contributed by atoms with van der Waals surface area (Å²) in [5.41, 5.74) is 6.20. The maximum absolute atomic E-state index is 13.0. The summed E-state index contributed by atoms with van der Waals surface area (Å²) in [5.74, 6) is -1.29. The molecule has 132 valence electrons. The summed E-state index contributed by atoms with van der Waals surface area (Å²) in [6, 6.07) is 3.51. The van der Waals surface area contributed by atoms with Gasteiger partial charge in [-0.1, -0.05) is 11.6 Å². The average Bonchev–Trinajstić information content (AvgIpc) is 2.86. The molecule has 11 heteroatoms. The van der Waals surface area contributed by atoms with E-state index in [0.29, 0.717) is 16.3 Å². The first-order valence-corrected chi connectivity index (χ1v) is 10.9. The van der Waals surface area contributed by atoms with Crippen molar-refractivity contribution in [3.05, 3.63) is 28.8 Å². The van der Waals surface area contributed by atoms with Crippen molar-refractivity contribution in [2.24, 2.45) is 5.73 Å². The third kappa shape index (κ3) is 2.99. The molecule has 2 unspecified atom stereocenters.